The Bertz CT molecular complexity index is 1020. The van der Waals surface area contributed by atoms with Crippen molar-refractivity contribution in [3.05, 3.63) is 58.1 Å². The number of hydrogen-bond acceptors (Lipinski definition) is 5. The maximum atomic E-state index is 12.4. The fourth-order valence-corrected chi connectivity index (χ4v) is 5.70. The van der Waals surface area contributed by atoms with Gasteiger partial charge in [-0.2, -0.15) is 0 Å². The summed E-state index contributed by atoms with van der Waals surface area (Å²) in [4.78, 5) is 18.6. The fraction of sp³-hybridized carbons (Fsp3) is 0.423. The topological polar surface area (TPSA) is 44.8 Å². The summed E-state index contributed by atoms with van der Waals surface area (Å²) in [5.74, 6) is -0.0429. The highest BCUT2D eigenvalue weighted by Gasteiger charge is 2.18. The van der Waals surface area contributed by atoms with Crippen molar-refractivity contribution in [2.24, 2.45) is 0 Å². The number of carbonyl (C=O) groups excluding carboxylic acids is 1. The number of hydrogen-bond donors (Lipinski definition) is 1. The van der Waals surface area contributed by atoms with E-state index in [0.717, 1.165) is 53.5 Å². The first-order valence-electron chi connectivity index (χ1n) is 11.8. The van der Waals surface area contributed by atoms with Gasteiger partial charge < -0.3 is 19.9 Å². The Kier molecular flexibility index (Phi) is 9.20. The number of rotatable bonds is 7. The molecule has 0 radical (unpaired) electrons. The van der Waals surface area contributed by atoms with Gasteiger partial charge in [0.05, 0.1) is 23.3 Å². The largest absolute Gasteiger partial charge is 0.382 e. The van der Waals surface area contributed by atoms with Crippen molar-refractivity contribution < 1.29 is 9.53 Å². The van der Waals surface area contributed by atoms with Crippen LogP contribution in [0.3, 0.4) is 0 Å². The zero-order valence-corrected chi connectivity index (χ0v) is 21.8. The van der Waals surface area contributed by atoms with Crippen molar-refractivity contribution in [1.29, 1.82) is 0 Å². The van der Waals surface area contributed by atoms with Gasteiger partial charge in [-0.25, -0.2) is 0 Å². The summed E-state index contributed by atoms with van der Waals surface area (Å²) < 4.78 is 5.30. The van der Waals surface area contributed by atoms with E-state index in [4.69, 9.17) is 27.9 Å². The van der Waals surface area contributed by atoms with Gasteiger partial charge in [-0.1, -0.05) is 54.0 Å². The Morgan fingerprint density at radius 3 is 2.62 bits per heavy atom. The quantitative estimate of drug-likeness (QED) is 0.460. The van der Waals surface area contributed by atoms with Crippen LogP contribution >= 0.6 is 35.0 Å². The normalized spacial score (nSPS) is 17.9. The van der Waals surface area contributed by atoms with E-state index < -0.39 is 0 Å². The molecule has 0 spiro atoms. The number of nitrogens with one attached hydrogen (secondary N) is 1. The van der Waals surface area contributed by atoms with E-state index in [-0.39, 0.29) is 5.91 Å². The van der Waals surface area contributed by atoms with Gasteiger partial charge in [0, 0.05) is 53.8 Å². The highest BCUT2D eigenvalue weighted by molar-refractivity contribution is 7.99. The number of amides is 1. The molecule has 5 nitrogen and oxygen atoms in total. The second kappa shape index (κ2) is 12.3. The second-order valence-electron chi connectivity index (χ2n) is 8.53. The molecule has 0 unspecified atom stereocenters. The van der Waals surface area contributed by atoms with Gasteiger partial charge in [-0.3, -0.25) is 4.79 Å². The molecule has 0 saturated carbocycles. The average molecular weight is 521 g/mol. The first-order valence-corrected chi connectivity index (χ1v) is 13.4. The van der Waals surface area contributed by atoms with E-state index >= 15 is 0 Å². The smallest absolute Gasteiger partial charge is 0.246 e. The number of carbonyl (C=O) groups is 1. The molecule has 2 saturated heterocycles. The van der Waals surface area contributed by atoms with E-state index in [1.807, 2.05) is 12.1 Å². The van der Waals surface area contributed by atoms with Crippen molar-refractivity contribution in [3.63, 3.8) is 0 Å². The Morgan fingerprint density at radius 1 is 1.12 bits per heavy atom. The van der Waals surface area contributed by atoms with Gasteiger partial charge in [-0.05, 0) is 55.3 Å². The van der Waals surface area contributed by atoms with Gasteiger partial charge in [0.15, 0.2) is 0 Å². The number of ether oxygens (including phenoxy) is 1. The third-order valence-electron chi connectivity index (χ3n) is 6.27. The highest BCUT2D eigenvalue weighted by atomic mass is 35.5. The van der Waals surface area contributed by atoms with Crippen molar-refractivity contribution in [2.45, 2.75) is 35.6 Å². The van der Waals surface area contributed by atoms with Crippen LogP contribution in [0.15, 0.2) is 52.3 Å². The van der Waals surface area contributed by atoms with Gasteiger partial charge in [0.25, 0.3) is 0 Å². The Morgan fingerprint density at radius 2 is 1.88 bits per heavy atom. The maximum Gasteiger partial charge on any atom is 0.246 e. The number of likely N-dealkylation sites (tertiary alicyclic amines) is 1. The zero-order valence-electron chi connectivity index (χ0n) is 19.4. The van der Waals surface area contributed by atoms with Crippen LogP contribution in [0.4, 0.5) is 5.69 Å². The second-order valence-corrected chi connectivity index (χ2v) is 10.4. The van der Waals surface area contributed by atoms with E-state index in [1.54, 1.807) is 28.8 Å². The Balaban J connectivity index is 1.39. The van der Waals surface area contributed by atoms with Crippen LogP contribution in [0, 0.1) is 0 Å². The molecule has 2 fully saturated rings. The average Bonchev–Trinajstić information content (AvgIpc) is 2.87. The van der Waals surface area contributed by atoms with Crippen LogP contribution in [0.2, 0.25) is 10.0 Å². The molecule has 2 aromatic carbocycles. The summed E-state index contributed by atoms with van der Waals surface area (Å²) in [6.07, 6.45) is 5.61. The molecule has 0 atom stereocenters. The number of piperidine rings is 1. The lowest BCUT2D eigenvalue weighted by molar-refractivity contribution is -0.129. The van der Waals surface area contributed by atoms with E-state index in [0.29, 0.717) is 42.4 Å². The summed E-state index contributed by atoms with van der Waals surface area (Å²) in [6.45, 7) is 8.02. The summed E-state index contributed by atoms with van der Waals surface area (Å²) in [5, 5.41) is 4.64. The molecule has 1 amide bonds. The molecule has 2 aliphatic heterocycles. The number of anilines is 1. The third-order valence-corrected chi connectivity index (χ3v) is 8.33. The molecular formula is C26H31Cl2N3O2S. The summed E-state index contributed by atoms with van der Waals surface area (Å²) in [7, 11) is 0. The molecule has 0 aliphatic carbocycles. The fourth-order valence-electron chi connectivity index (χ4n) is 4.21. The third kappa shape index (κ3) is 6.70. The molecule has 2 aromatic rings. The Hall–Kier alpha value is -1.70. The summed E-state index contributed by atoms with van der Waals surface area (Å²) in [6, 6.07) is 12.8. The first-order chi connectivity index (χ1) is 16.5. The molecule has 8 heteroatoms. The zero-order chi connectivity index (χ0) is 23.9. The van der Waals surface area contributed by atoms with Crippen molar-refractivity contribution in [2.75, 3.05) is 51.3 Å². The molecule has 1 N–H and O–H groups in total. The molecular weight excluding hydrogens is 489 g/mol. The van der Waals surface area contributed by atoms with Crippen molar-refractivity contribution in [1.82, 2.24) is 9.80 Å². The Labute approximate surface area is 216 Å². The van der Waals surface area contributed by atoms with Crippen LogP contribution in [0.25, 0.3) is 6.08 Å². The molecule has 182 valence electrons. The lowest BCUT2D eigenvalue weighted by atomic mass is 10.0. The summed E-state index contributed by atoms with van der Waals surface area (Å²) >= 11 is 14.8. The molecule has 4 rings (SSSR count). The predicted octanol–water partition coefficient (Wildman–Crippen LogP) is 5.91. The van der Waals surface area contributed by atoms with Crippen LogP contribution in [0.5, 0.6) is 0 Å². The molecule has 34 heavy (non-hydrogen) atoms. The van der Waals surface area contributed by atoms with Crippen LogP contribution < -0.4 is 5.32 Å². The standard InChI is InChI=1S/C26H31Cl2N3O2S/c1-2-30-12-10-20(11-13-30)29-21-4-3-5-22(18-21)34-23-8-6-19(25(27)26(23)28)7-9-24(32)31-14-16-33-17-15-31/h3-9,18,20,29H,2,10-17H2,1H3/b9-7+. The van der Waals surface area contributed by atoms with Gasteiger partial charge in [0.2, 0.25) is 5.91 Å². The number of nitrogens with zero attached hydrogens (tertiary/aromatic N) is 2. The maximum absolute atomic E-state index is 12.4. The highest BCUT2D eigenvalue weighted by Crippen LogP contribution is 2.40. The molecule has 2 heterocycles. The minimum atomic E-state index is -0.0429. The molecule has 0 aromatic heterocycles. The monoisotopic (exact) mass is 519 g/mol. The van der Waals surface area contributed by atoms with E-state index in [1.165, 1.54) is 0 Å². The van der Waals surface area contributed by atoms with E-state index in [2.05, 4.69) is 41.4 Å². The molecule has 0 bridgehead atoms. The molecule has 2 aliphatic rings. The van der Waals surface area contributed by atoms with Crippen molar-refractivity contribution >= 4 is 52.6 Å². The first kappa shape index (κ1) is 25.4. The lowest BCUT2D eigenvalue weighted by Crippen LogP contribution is -2.39. The van der Waals surface area contributed by atoms with Gasteiger partial charge >= 0.3 is 0 Å². The summed E-state index contributed by atoms with van der Waals surface area (Å²) in [5.41, 5.74) is 1.86. The minimum Gasteiger partial charge on any atom is -0.382 e. The lowest BCUT2D eigenvalue weighted by Gasteiger charge is -2.32. The predicted molar refractivity (Wildman–Crippen MR) is 142 cm³/mol. The number of morpholine rings is 1. The van der Waals surface area contributed by atoms with Crippen LogP contribution in [-0.4, -0.2) is 67.7 Å². The van der Waals surface area contributed by atoms with E-state index in [9.17, 15) is 4.79 Å². The van der Waals surface area contributed by atoms with Crippen molar-refractivity contribution in [3.8, 4) is 0 Å². The van der Waals surface area contributed by atoms with Crippen LogP contribution in [-0.2, 0) is 9.53 Å². The van der Waals surface area contributed by atoms with Gasteiger partial charge in [-0.15, -0.1) is 0 Å². The van der Waals surface area contributed by atoms with Gasteiger partial charge in [0.1, 0.15) is 0 Å². The number of halogens is 2. The van der Waals surface area contributed by atoms with Crippen LogP contribution in [0.1, 0.15) is 25.3 Å². The minimum absolute atomic E-state index is 0.0429. The SMILES string of the molecule is CCN1CCC(Nc2cccc(Sc3ccc(/C=C/C(=O)N4CCOCC4)c(Cl)c3Cl)c2)CC1. The number of benzene rings is 2.